The second kappa shape index (κ2) is 7.49. The van der Waals surface area contributed by atoms with E-state index >= 15 is 0 Å². The predicted octanol–water partition coefficient (Wildman–Crippen LogP) is 3.38. The first-order valence-electron chi connectivity index (χ1n) is 8.04. The Morgan fingerprint density at radius 3 is 2.50 bits per heavy atom. The second-order valence-electron chi connectivity index (χ2n) is 6.26. The number of hydrogen-bond donors (Lipinski definition) is 0. The SMILES string of the molecule is COCC(C)n1c(C)cc(C(=O)Cn2cc(C(F)(F)F)ccc2=O)c1C. The van der Waals surface area contributed by atoms with E-state index in [9.17, 15) is 22.8 Å². The Bertz CT molecular complexity index is 866. The molecule has 0 N–H and O–H groups in total. The van der Waals surface area contributed by atoms with Gasteiger partial charge in [-0.1, -0.05) is 0 Å². The Kier molecular flexibility index (Phi) is 5.75. The Labute approximate surface area is 149 Å². The minimum absolute atomic E-state index is 0.00201. The van der Waals surface area contributed by atoms with Crippen LogP contribution in [0.5, 0.6) is 0 Å². The van der Waals surface area contributed by atoms with Crippen molar-refractivity contribution in [3.63, 3.8) is 0 Å². The predicted molar refractivity (Wildman–Crippen MR) is 90.5 cm³/mol. The maximum atomic E-state index is 12.8. The topological polar surface area (TPSA) is 53.2 Å². The molecule has 2 aromatic heterocycles. The molecular formula is C18H21F3N2O3. The summed E-state index contributed by atoms with van der Waals surface area (Å²) in [6.45, 7) is 5.55. The summed E-state index contributed by atoms with van der Waals surface area (Å²) in [6.07, 6.45) is -3.91. The molecule has 2 aromatic rings. The number of pyridine rings is 1. The molecule has 5 nitrogen and oxygen atoms in total. The lowest BCUT2D eigenvalue weighted by atomic mass is 10.1. The van der Waals surface area contributed by atoms with Gasteiger partial charge in [0.15, 0.2) is 5.78 Å². The summed E-state index contributed by atoms with van der Waals surface area (Å²) >= 11 is 0. The number of aromatic nitrogens is 2. The molecule has 0 saturated heterocycles. The fraction of sp³-hybridized carbons (Fsp3) is 0.444. The average Bonchev–Trinajstić information content (AvgIpc) is 2.83. The Morgan fingerprint density at radius 1 is 1.27 bits per heavy atom. The molecule has 2 rings (SSSR count). The van der Waals surface area contributed by atoms with Crippen LogP contribution in [0, 0.1) is 13.8 Å². The smallest absolute Gasteiger partial charge is 0.383 e. The van der Waals surface area contributed by atoms with Gasteiger partial charge in [-0.05, 0) is 32.9 Å². The summed E-state index contributed by atoms with van der Waals surface area (Å²) < 4.78 is 46.3. The van der Waals surface area contributed by atoms with Crippen molar-refractivity contribution in [1.29, 1.82) is 0 Å². The van der Waals surface area contributed by atoms with Gasteiger partial charge in [0.05, 0.1) is 24.8 Å². The van der Waals surface area contributed by atoms with Crippen LogP contribution in [0.3, 0.4) is 0 Å². The molecule has 0 amide bonds. The van der Waals surface area contributed by atoms with Crippen molar-refractivity contribution in [2.75, 3.05) is 13.7 Å². The number of alkyl halides is 3. The molecule has 26 heavy (non-hydrogen) atoms. The van der Waals surface area contributed by atoms with Crippen LogP contribution >= 0.6 is 0 Å². The molecule has 8 heteroatoms. The Morgan fingerprint density at radius 2 is 1.92 bits per heavy atom. The molecule has 2 heterocycles. The number of hydrogen-bond acceptors (Lipinski definition) is 3. The number of carbonyl (C=O) groups is 1. The van der Waals surface area contributed by atoms with Gasteiger partial charge in [-0.2, -0.15) is 13.2 Å². The summed E-state index contributed by atoms with van der Waals surface area (Å²) in [4.78, 5) is 24.4. The van der Waals surface area contributed by atoms with Crippen LogP contribution in [-0.2, 0) is 17.5 Å². The summed E-state index contributed by atoms with van der Waals surface area (Å²) in [5.74, 6) is -0.421. The van der Waals surface area contributed by atoms with E-state index in [1.165, 1.54) is 0 Å². The van der Waals surface area contributed by atoms with Crippen LogP contribution in [0.4, 0.5) is 13.2 Å². The molecule has 0 radical (unpaired) electrons. The van der Waals surface area contributed by atoms with Gasteiger partial charge in [-0.3, -0.25) is 9.59 Å². The number of ether oxygens (including phenoxy) is 1. The van der Waals surface area contributed by atoms with Crippen molar-refractivity contribution in [2.24, 2.45) is 0 Å². The molecule has 0 spiro atoms. The highest BCUT2D eigenvalue weighted by Gasteiger charge is 2.31. The van der Waals surface area contributed by atoms with E-state index in [2.05, 4.69) is 0 Å². The van der Waals surface area contributed by atoms with Gasteiger partial charge in [0, 0.05) is 36.3 Å². The number of Topliss-reactive ketones (excluding diaryl/α,β-unsaturated/α-hetero) is 1. The van der Waals surface area contributed by atoms with Gasteiger partial charge >= 0.3 is 6.18 Å². The van der Waals surface area contributed by atoms with Crippen molar-refractivity contribution >= 4 is 5.78 Å². The fourth-order valence-corrected chi connectivity index (χ4v) is 3.12. The average molecular weight is 370 g/mol. The van der Waals surface area contributed by atoms with Crippen LogP contribution in [0.1, 0.15) is 40.3 Å². The van der Waals surface area contributed by atoms with Gasteiger partial charge in [0.25, 0.3) is 5.56 Å². The van der Waals surface area contributed by atoms with E-state index in [0.29, 0.717) is 30.1 Å². The highest BCUT2D eigenvalue weighted by Crippen LogP contribution is 2.28. The molecule has 1 atom stereocenters. The number of nitrogens with zero attached hydrogens (tertiary/aromatic N) is 2. The van der Waals surface area contributed by atoms with Crippen LogP contribution in [0.25, 0.3) is 0 Å². The minimum atomic E-state index is -4.58. The van der Waals surface area contributed by atoms with Gasteiger partial charge in [0.1, 0.15) is 0 Å². The van der Waals surface area contributed by atoms with Gasteiger partial charge in [0.2, 0.25) is 0 Å². The summed E-state index contributed by atoms with van der Waals surface area (Å²) in [5.41, 5.74) is 0.288. The lowest BCUT2D eigenvalue weighted by Gasteiger charge is -2.17. The molecule has 0 bridgehead atoms. The molecule has 1 unspecified atom stereocenters. The standard InChI is InChI=1S/C18H21F3N2O3/c1-11-7-15(13(3)23(11)12(2)10-26-4)16(24)9-22-8-14(18(19,20)21)5-6-17(22)25/h5-8,12H,9-10H2,1-4H3. The van der Waals surface area contributed by atoms with Crippen LogP contribution in [0.2, 0.25) is 0 Å². The number of methoxy groups -OCH3 is 1. The molecule has 0 aliphatic rings. The Hall–Kier alpha value is -2.35. The summed E-state index contributed by atoms with van der Waals surface area (Å²) in [6, 6.07) is 3.21. The first kappa shape index (κ1) is 20.0. The van der Waals surface area contributed by atoms with Gasteiger partial charge < -0.3 is 13.9 Å². The zero-order valence-electron chi connectivity index (χ0n) is 15.1. The van der Waals surface area contributed by atoms with Gasteiger partial charge in [-0.15, -0.1) is 0 Å². The third-order valence-electron chi connectivity index (χ3n) is 4.26. The maximum Gasteiger partial charge on any atom is 0.417 e. The zero-order valence-corrected chi connectivity index (χ0v) is 15.1. The molecule has 0 aliphatic carbocycles. The van der Waals surface area contributed by atoms with Crippen LogP contribution in [0.15, 0.2) is 29.2 Å². The molecular weight excluding hydrogens is 349 g/mol. The normalized spacial score (nSPS) is 13.0. The van der Waals surface area contributed by atoms with Crippen molar-refractivity contribution in [3.05, 3.63) is 57.3 Å². The number of rotatable bonds is 6. The van der Waals surface area contributed by atoms with Crippen molar-refractivity contribution in [1.82, 2.24) is 9.13 Å². The molecule has 142 valence electrons. The number of carbonyl (C=O) groups excluding carboxylic acids is 1. The van der Waals surface area contributed by atoms with E-state index in [1.54, 1.807) is 20.1 Å². The zero-order chi connectivity index (χ0) is 19.6. The Balaban J connectivity index is 2.35. The molecule has 0 aliphatic heterocycles. The monoisotopic (exact) mass is 370 g/mol. The quantitative estimate of drug-likeness (QED) is 0.733. The van der Waals surface area contributed by atoms with E-state index in [1.807, 2.05) is 18.4 Å². The maximum absolute atomic E-state index is 12.8. The van der Waals surface area contributed by atoms with Crippen LogP contribution < -0.4 is 5.56 Å². The van der Waals surface area contributed by atoms with E-state index < -0.39 is 29.6 Å². The minimum Gasteiger partial charge on any atom is -0.383 e. The number of halogens is 3. The highest BCUT2D eigenvalue weighted by atomic mass is 19.4. The van der Waals surface area contributed by atoms with E-state index in [-0.39, 0.29) is 6.04 Å². The lowest BCUT2D eigenvalue weighted by Crippen LogP contribution is -2.25. The largest absolute Gasteiger partial charge is 0.417 e. The first-order valence-corrected chi connectivity index (χ1v) is 8.04. The fourth-order valence-electron chi connectivity index (χ4n) is 3.12. The van der Waals surface area contributed by atoms with Crippen molar-refractivity contribution < 1.29 is 22.7 Å². The van der Waals surface area contributed by atoms with E-state index in [4.69, 9.17) is 4.74 Å². The lowest BCUT2D eigenvalue weighted by molar-refractivity contribution is -0.138. The molecule has 0 fully saturated rings. The number of aryl methyl sites for hydroxylation is 1. The van der Waals surface area contributed by atoms with Crippen molar-refractivity contribution in [2.45, 2.75) is 39.5 Å². The molecule has 0 saturated carbocycles. The van der Waals surface area contributed by atoms with Crippen molar-refractivity contribution in [3.8, 4) is 0 Å². The first-order chi connectivity index (χ1) is 12.1. The van der Waals surface area contributed by atoms with Crippen LogP contribution in [-0.4, -0.2) is 28.6 Å². The third-order valence-corrected chi connectivity index (χ3v) is 4.26. The third kappa shape index (κ3) is 4.07. The van der Waals surface area contributed by atoms with E-state index in [0.717, 1.165) is 16.3 Å². The highest BCUT2D eigenvalue weighted by molar-refractivity contribution is 5.97. The summed E-state index contributed by atoms with van der Waals surface area (Å²) in [7, 11) is 1.58. The van der Waals surface area contributed by atoms with Gasteiger partial charge in [-0.25, -0.2) is 0 Å². The summed E-state index contributed by atoms with van der Waals surface area (Å²) in [5, 5.41) is 0. The second-order valence-corrected chi connectivity index (χ2v) is 6.26. The molecule has 0 aromatic carbocycles. The number of ketones is 1.